The summed E-state index contributed by atoms with van der Waals surface area (Å²) in [7, 11) is 0. The Labute approximate surface area is 179 Å². The fourth-order valence-corrected chi connectivity index (χ4v) is 3.69. The molecule has 0 aliphatic rings. The Hall–Kier alpha value is -3.29. The monoisotopic (exact) mass is 436 g/mol. The standard InChI is InChI=1S/C22H13ClN2O4S/c23-14-7-5-13(6-8-14)21-24-25-22(29-21)30-12-20(26)27-15-9-10-19-17(11-15)16-3-1-2-4-18(16)28-19/h1-11H,12H2. The predicted octanol–water partition coefficient (Wildman–Crippen LogP) is 5.99. The Morgan fingerprint density at radius 2 is 1.73 bits per heavy atom. The van der Waals surface area contributed by atoms with Crippen molar-refractivity contribution in [1.82, 2.24) is 10.2 Å². The molecule has 0 saturated carbocycles. The Bertz CT molecular complexity index is 1360. The number of carbonyl (C=O) groups excluding carboxylic acids is 1. The summed E-state index contributed by atoms with van der Waals surface area (Å²) in [6.45, 7) is 0. The zero-order valence-electron chi connectivity index (χ0n) is 15.4. The van der Waals surface area contributed by atoms with E-state index in [-0.39, 0.29) is 11.0 Å². The van der Waals surface area contributed by atoms with E-state index in [0.29, 0.717) is 16.7 Å². The molecule has 30 heavy (non-hydrogen) atoms. The van der Waals surface area contributed by atoms with Crippen molar-refractivity contribution in [2.75, 3.05) is 5.75 Å². The zero-order chi connectivity index (χ0) is 20.5. The van der Waals surface area contributed by atoms with Gasteiger partial charge < -0.3 is 13.6 Å². The van der Waals surface area contributed by atoms with Crippen LogP contribution in [0.2, 0.25) is 5.02 Å². The first-order chi connectivity index (χ1) is 14.7. The largest absolute Gasteiger partial charge is 0.456 e. The molecule has 3 aromatic carbocycles. The second kappa shape index (κ2) is 7.85. The molecule has 0 unspecified atom stereocenters. The number of hydrogen-bond acceptors (Lipinski definition) is 7. The van der Waals surface area contributed by atoms with E-state index in [4.69, 9.17) is 25.2 Å². The molecule has 0 bridgehead atoms. The number of halogens is 1. The van der Waals surface area contributed by atoms with E-state index in [1.54, 1.807) is 42.5 Å². The highest BCUT2D eigenvalue weighted by Gasteiger charge is 2.14. The molecule has 0 spiro atoms. The normalized spacial score (nSPS) is 11.2. The van der Waals surface area contributed by atoms with Crippen molar-refractivity contribution >= 4 is 51.3 Å². The number of para-hydroxylation sites is 1. The van der Waals surface area contributed by atoms with E-state index < -0.39 is 5.97 Å². The van der Waals surface area contributed by atoms with Gasteiger partial charge in [0.2, 0.25) is 5.89 Å². The predicted molar refractivity (Wildman–Crippen MR) is 115 cm³/mol. The maximum absolute atomic E-state index is 12.3. The molecule has 6 nitrogen and oxygen atoms in total. The molecule has 0 atom stereocenters. The number of aromatic nitrogens is 2. The Kier molecular flexibility index (Phi) is 4.90. The average molecular weight is 437 g/mol. The van der Waals surface area contributed by atoms with E-state index in [0.717, 1.165) is 39.3 Å². The van der Waals surface area contributed by atoms with Crippen LogP contribution in [-0.4, -0.2) is 21.9 Å². The van der Waals surface area contributed by atoms with Gasteiger partial charge in [0.05, 0.1) is 0 Å². The summed E-state index contributed by atoms with van der Waals surface area (Å²) in [5.74, 6) is 0.428. The highest BCUT2D eigenvalue weighted by atomic mass is 35.5. The van der Waals surface area contributed by atoms with Gasteiger partial charge in [-0.25, -0.2) is 0 Å². The number of thioether (sulfide) groups is 1. The molecule has 2 aromatic heterocycles. The van der Waals surface area contributed by atoms with Gasteiger partial charge in [0.1, 0.15) is 22.7 Å². The summed E-state index contributed by atoms with van der Waals surface area (Å²) in [6.07, 6.45) is 0. The van der Waals surface area contributed by atoms with Crippen LogP contribution in [0.3, 0.4) is 0 Å². The van der Waals surface area contributed by atoms with Crippen LogP contribution < -0.4 is 4.74 Å². The van der Waals surface area contributed by atoms with Gasteiger partial charge in [-0.15, -0.1) is 10.2 Å². The SMILES string of the molecule is O=C(CSc1nnc(-c2ccc(Cl)cc2)o1)Oc1ccc2oc3ccccc3c2c1. The Morgan fingerprint density at radius 3 is 2.60 bits per heavy atom. The Morgan fingerprint density at radius 1 is 0.933 bits per heavy atom. The van der Waals surface area contributed by atoms with Crippen molar-refractivity contribution in [3.63, 3.8) is 0 Å². The van der Waals surface area contributed by atoms with Gasteiger partial charge in [0.15, 0.2) is 0 Å². The summed E-state index contributed by atoms with van der Waals surface area (Å²) in [5, 5.41) is 10.7. The van der Waals surface area contributed by atoms with Crippen molar-refractivity contribution in [2.24, 2.45) is 0 Å². The molecular weight excluding hydrogens is 424 g/mol. The fourth-order valence-electron chi connectivity index (χ4n) is 3.03. The summed E-state index contributed by atoms with van der Waals surface area (Å²) in [5.41, 5.74) is 2.28. The first-order valence-corrected chi connectivity index (χ1v) is 10.4. The molecule has 0 fully saturated rings. The number of rotatable bonds is 5. The van der Waals surface area contributed by atoms with Crippen LogP contribution in [0, 0.1) is 0 Å². The van der Waals surface area contributed by atoms with E-state index in [2.05, 4.69) is 10.2 Å². The van der Waals surface area contributed by atoms with Crippen LogP contribution in [0.5, 0.6) is 5.75 Å². The van der Waals surface area contributed by atoms with Crippen LogP contribution >= 0.6 is 23.4 Å². The van der Waals surface area contributed by atoms with Gasteiger partial charge >= 0.3 is 5.97 Å². The first kappa shape index (κ1) is 18.7. The summed E-state index contributed by atoms with van der Waals surface area (Å²) in [4.78, 5) is 12.3. The third-order valence-electron chi connectivity index (χ3n) is 4.39. The summed E-state index contributed by atoms with van der Waals surface area (Å²) in [6, 6.07) is 20.1. The average Bonchev–Trinajstić information content (AvgIpc) is 3.37. The van der Waals surface area contributed by atoms with Crippen molar-refractivity contribution in [1.29, 1.82) is 0 Å². The maximum Gasteiger partial charge on any atom is 0.321 e. The number of benzene rings is 3. The lowest BCUT2D eigenvalue weighted by Crippen LogP contribution is -2.10. The van der Waals surface area contributed by atoms with Crippen molar-refractivity contribution in [3.8, 4) is 17.2 Å². The molecule has 0 N–H and O–H groups in total. The topological polar surface area (TPSA) is 78.4 Å². The zero-order valence-corrected chi connectivity index (χ0v) is 16.9. The molecule has 148 valence electrons. The van der Waals surface area contributed by atoms with E-state index in [9.17, 15) is 4.79 Å². The molecular formula is C22H13ClN2O4S. The van der Waals surface area contributed by atoms with Gasteiger partial charge in [-0.3, -0.25) is 4.79 Å². The first-order valence-electron chi connectivity index (χ1n) is 9.00. The van der Waals surface area contributed by atoms with E-state index in [1.165, 1.54) is 0 Å². The van der Waals surface area contributed by atoms with Gasteiger partial charge in [0.25, 0.3) is 5.22 Å². The number of carbonyl (C=O) groups is 1. The molecule has 0 aliphatic heterocycles. The number of ether oxygens (including phenoxy) is 1. The highest BCUT2D eigenvalue weighted by Crippen LogP contribution is 2.31. The van der Waals surface area contributed by atoms with Crippen molar-refractivity contribution in [3.05, 3.63) is 71.8 Å². The quantitative estimate of drug-likeness (QED) is 0.190. The van der Waals surface area contributed by atoms with Crippen LogP contribution in [0.1, 0.15) is 0 Å². The third kappa shape index (κ3) is 3.77. The second-order valence-electron chi connectivity index (χ2n) is 6.40. The van der Waals surface area contributed by atoms with Crippen LogP contribution in [0.15, 0.2) is 80.8 Å². The second-order valence-corrected chi connectivity index (χ2v) is 7.76. The number of nitrogens with zero attached hydrogens (tertiary/aromatic N) is 2. The van der Waals surface area contributed by atoms with Crippen molar-refractivity contribution in [2.45, 2.75) is 5.22 Å². The fraction of sp³-hybridized carbons (Fsp3) is 0.0455. The van der Waals surface area contributed by atoms with E-state index in [1.807, 2.05) is 24.3 Å². The van der Waals surface area contributed by atoms with Crippen molar-refractivity contribution < 1.29 is 18.4 Å². The lowest BCUT2D eigenvalue weighted by atomic mass is 10.1. The van der Waals surface area contributed by atoms with Crippen LogP contribution in [0.4, 0.5) is 0 Å². The minimum Gasteiger partial charge on any atom is -0.456 e. The molecule has 8 heteroatoms. The van der Waals surface area contributed by atoms with Gasteiger partial charge in [0, 0.05) is 21.4 Å². The van der Waals surface area contributed by atoms with Gasteiger partial charge in [-0.2, -0.15) is 0 Å². The lowest BCUT2D eigenvalue weighted by Gasteiger charge is -2.03. The molecule has 0 amide bonds. The number of esters is 1. The maximum atomic E-state index is 12.3. The minimum absolute atomic E-state index is 0.0341. The molecule has 5 aromatic rings. The van der Waals surface area contributed by atoms with Crippen LogP contribution in [0.25, 0.3) is 33.4 Å². The summed E-state index contributed by atoms with van der Waals surface area (Å²) < 4.78 is 16.8. The molecule has 0 radical (unpaired) electrons. The minimum atomic E-state index is -0.418. The highest BCUT2D eigenvalue weighted by molar-refractivity contribution is 7.99. The Balaban J connectivity index is 1.25. The smallest absolute Gasteiger partial charge is 0.321 e. The number of fused-ring (bicyclic) bond motifs is 3. The van der Waals surface area contributed by atoms with Gasteiger partial charge in [-0.1, -0.05) is 41.6 Å². The molecule has 5 rings (SSSR count). The number of furan rings is 1. The third-order valence-corrected chi connectivity index (χ3v) is 5.43. The lowest BCUT2D eigenvalue weighted by molar-refractivity contribution is -0.131. The number of hydrogen-bond donors (Lipinski definition) is 0. The molecule has 0 saturated heterocycles. The molecule has 2 heterocycles. The van der Waals surface area contributed by atoms with E-state index >= 15 is 0 Å². The molecule has 0 aliphatic carbocycles. The van der Waals surface area contributed by atoms with Gasteiger partial charge in [-0.05, 0) is 48.5 Å². The summed E-state index contributed by atoms with van der Waals surface area (Å²) >= 11 is 7.00. The van der Waals surface area contributed by atoms with Crippen LogP contribution in [-0.2, 0) is 4.79 Å².